The lowest BCUT2D eigenvalue weighted by molar-refractivity contribution is -0.144. The average Bonchev–Trinajstić information content (AvgIpc) is 2.17. The summed E-state index contributed by atoms with van der Waals surface area (Å²) >= 11 is 0. The van der Waals surface area contributed by atoms with Gasteiger partial charge in [-0.15, -0.1) is 0 Å². The molecule has 0 spiro atoms. The Morgan fingerprint density at radius 1 is 1.31 bits per heavy atom. The summed E-state index contributed by atoms with van der Waals surface area (Å²) in [7, 11) is 0. The number of carbonyl (C=O) groups excluding carboxylic acids is 2. The number of amides is 1. The van der Waals surface area contributed by atoms with E-state index in [1.54, 1.807) is 4.90 Å². The van der Waals surface area contributed by atoms with Crippen LogP contribution in [0.4, 0.5) is 0 Å². The quantitative estimate of drug-likeness (QED) is 0.604. The van der Waals surface area contributed by atoms with Gasteiger partial charge in [-0.05, 0) is 18.8 Å². The molecule has 0 radical (unpaired) electrons. The van der Waals surface area contributed by atoms with Gasteiger partial charge in [-0.25, -0.2) is 0 Å². The summed E-state index contributed by atoms with van der Waals surface area (Å²) in [4.78, 5) is 23.7. The summed E-state index contributed by atoms with van der Waals surface area (Å²) in [5.74, 6) is 0.0977. The Morgan fingerprint density at radius 2 is 1.85 bits per heavy atom. The second-order valence-electron chi connectivity index (χ2n) is 3.70. The van der Waals surface area contributed by atoms with E-state index in [0.717, 1.165) is 31.8 Å². The normalized spacial score (nSPS) is 18.8. The van der Waals surface area contributed by atoms with Gasteiger partial charge in [0.25, 0.3) is 5.91 Å². The van der Waals surface area contributed by atoms with Crippen LogP contribution in [0.25, 0.3) is 0 Å². The summed E-state index contributed by atoms with van der Waals surface area (Å²) in [6.07, 6.45) is 3.28. The molecule has 0 aromatic heterocycles. The number of hydrogen-bond acceptors (Lipinski definition) is 2. The van der Waals surface area contributed by atoms with E-state index in [1.807, 2.05) is 0 Å². The molecule has 1 rings (SSSR count). The Hall–Kier alpha value is -0.860. The number of rotatable bonds is 2. The molecule has 0 saturated carbocycles. The molecule has 0 bridgehead atoms. The Morgan fingerprint density at radius 3 is 2.23 bits per heavy atom. The van der Waals surface area contributed by atoms with Gasteiger partial charge in [-0.3, -0.25) is 9.59 Å². The Kier molecular flexibility index (Phi) is 3.46. The fourth-order valence-corrected chi connectivity index (χ4v) is 1.77. The molecule has 74 valence electrons. The van der Waals surface area contributed by atoms with Crippen LogP contribution in [0.15, 0.2) is 0 Å². The van der Waals surface area contributed by atoms with Gasteiger partial charge in [-0.1, -0.05) is 13.3 Å². The van der Waals surface area contributed by atoms with Gasteiger partial charge in [0.05, 0.1) is 0 Å². The number of ketones is 1. The van der Waals surface area contributed by atoms with E-state index in [1.165, 1.54) is 13.3 Å². The second-order valence-corrected chi connectivity index (χ2v) is 3.70. The molecule has 1 amide bonds. The first-order chi connectivity index (χ1) is 6.15. The Bertz CT molecular complexity index is 205. The first-order valence-electron chi connectivity index (χ1n) is 4.95. The molecule has 0 aliphatic carbocycles. The lowest BCUT2D eigenvalue weighted by Gasteiger charge is -2.30. The first kappa shape index (κ1) is 10.2. The van der Waals surface area contributed by atoms with Crippen LogP contribution >= 0.6 is 0 Å². The lowest BCUT2D eigenvalue weighted by atomic mass is 9.94. The number of Topliss-reactive ketones (excluding diaryl/α,β-unsaturated/α-hetero) is 1. The molecule has 3 heteroatoms. The van der Waals surface area contributed by atoms with Crippen LogP contribution in [0.3, 0.4) is 0 Å². The number of hydrogen-bond donors (Lipinski definition) is 0. The van der Waals surface area contributed by atoms with Crippen molar-refractivity contribution in [3.63, 3.8) is 0 Å². The fraction of sp³-hybridized carbons (Fsp3) is 0.800. The molecular formula is C10H17NO2. The summed E-state index contributed by atoms with van der Waals surface area (Å²) < 4.78 is 0. The predicted octanol–water partition coefficient (Wildman–Crippen LogP) is 1.22. The number of nitrogens with zero attached hydrogens (tertiary/aromatic N) is 1. The van der Waals surface area contributed by atoms with Crippen molar-refractivity contribution in [2.45, 2.75) is 33.1 Å². The van der Waals surface area contributed by atoms with Crippen molar-refractivity contribution >= 4 is 11.7 Å². The van der Waals surface area contributed by atoms with Gasteiger partial charge in [0.1, 0.15) is 0 Å². The van der Waals surface area contributed by atoms with Crippen molar-refractivity contribution in [1.29, 1.82) is 0 Å². The Balaban J connectivity index is 2.41. The van der Waals surface area contributed by atoms with Crippen molar-refractivity contribution in [2.24, 2.45) is 5.92 Å². The Labute approximate surface area is 79.1 Å². The van der Waals surface area contributed by atoms with Gasteiger partial charge >= 0.3 is 0 Å². The van der Waals surface area contributed by atoms with Crippen molar-refractivity contribution in [2.75, 3.05) is 13.1 Å². The molecule has 0 atom stereocenters. The molecule has 1 heterocycles. The summed E-state index contributed by atoms with van der Waals surface area (Å²) in [5, 5.41) is 0. The van der Waals surface area contributed by atoms with Gasteiger partial charge < -0.3 is 4.90 Å². The molecule has 0 unspecified atom stereocenters. The molecule has 1 aliphatic rings. The SMILES string of the molecule is CCC1CCN(C(=O)C(C)=O)CC1. The minimum Gasteiger partial charge on any atom is -0.336 e. The largest absolute Gasteiger partial charge is 0.336 e. The topological polar surface area (TPSA) is 37.4 Å². The van der Waals surface area contributed by atoms with Crippen LogP contribution in [0.1, 0.15) is 33.1 Å². The molecule has 0 aromatic carbocycles. The van der Waals surface area contributed by atoms with E-state index in [4.69, 9.17) is 0 Å². The van der Waals surface area contributed by atoms with Crippen LogP contribution in [-0.2, 0) is 9.59 Å². The predicted molar refractivity (Wildman–Crippen MR) is 50.3 cm³/mol. The maximum atomic E-state index is 11.3. The fourth-order valence-electron chi connectivity index (χ4n) is 1.77. The van der Waals surface area contributed by atoms with E-state index < -0.39 is 0 Å². The van der Waals surface area contributed by atoms with Gasteiger partial charge in [0, 0.05) is 20.0 Å². The highest BCUT2D eigenvalue weighted by Crippen LogP contribution is 2.19. The van der Waals surface area contributed by atoms with Crippen molar-refractivity contribution in [1.82, 2.24) is 4.90 Å². The van der Waals surface area contributed by atoms with Crippen molar-refractivity contribution in [3.05, 3.63) is 0 Å². The van der Waals surface area contributed by atoms with E-state index in [0.29, 0.717) is 0 Å². The maximum Gasteiger partial charge on any atom is 0.289 e. The van der Waals surface area contributed by atoms with Crippen LogP contribution in [0, 0.1) is 5.92 Å². The van der Waals surface area contributed by atoms with E-state index >= 15 is 0 Å². The minimum atomic E-state index is -0.338. The zero-order valence-corrected chi connectivity index (χ0v) is 8.38. The molecule has 13 heavy (non-hydrogen) atoms. The molecular weight excluding hydrogens is 166 g/mol. The van der Waals surface area contributed by atoms with Crippen LogP contribution < -0.4 is 0 Å². The standard InChI is InChI=1S/C10H17NO2/c1-3-9-4-6-11(7-5-9)10(13)8(2)12/h9H,3-7H2,1-2H3. The minimum absolute atomic E-state index is 0.311. The van der Waals surface area contributed by atoms with Gasteiger partial charge in [0.2, 0.25) is 5.78 Å². The number of piperidine rings is 1. The van der Waals surface area contributed by atoms with Gasteiger partial charge in [0.15, 0.2) is 0 Å². The highest BCUT2D eigenvalue weighted by Gasteiger charge is 2.23. The third kappa shape index (κ3) is 2.54. The van der Waals surface area contributed by atoms with Crippen molar-refractivity contribution < 1.29 is 9.59 Å². The van der Waals surface area contributed by atoms with Crippen LogP contribution in [-0.4, -0.2) is 29.7 Å². The monoisotopic (exact) mass is 183 g/mol. The van der Waals surface area contributed by atoms with E-state index in [9.17, 15) is 9.59 Å². The summed E-state index contributed by atoms with van der Waals surface area (Å²) in [6.45, 7) is 5.04. The molecule has 1 saturated heterocycles. The van der Waals surface area contributed by atoms with Crippen LogP contribution in [0.2, 0.25) is 0 Å². The lowest BCUT2D eigenvalue weighted by Crippen LogP contribution is -2.41. The molecule has 0 N–H and O–H groups in total. The smallest absolute Gasteiger partial charge is 0.289 e. The maximum absolute atomic E-state index is 11.3. The van der Waals surface area contributed by atoms with Crippen molar-refractivity contribution in [3.8, 4) is 0 Å². The van der Waals surface area contributed by atoms with E-state index in [-0.39, 0.29) is 11.7 Å². The van der Waals surface area contributed by atoms with E-state index in [2.05, 4.69) is 6.92 Å². The highest BCUT2D eigenvalue weighted by atomic mass is 16.2. The molecule has 3 nitrogen and oxygen atoms in total. The third-order valence-electron chi connectivity index (χ3n) is 2.78. The molecule has 1 aliphatic heterocycles. The second kappa shape index (κ2) is 4.40. The van der Waals surface area contributed by atoms with Crippen LogP contribution in [0.5, 0.6) is 0 Å². The number of likely N-dealkylation sites (tertiary alicyclic amines) is 1. The molecule has 0 aromatic rings. The zero-order valence-electron chi connectivity index (χ0n) is 8.38. The average molecular weight is 183 g/mol. The summed E-state index contributed by atoms with van der Waals surface area (Å²) in [6, 6.07) is 0. The highest BCUT2D eigenvalue weighted by molar-refractivity contribution is 6.35. The zero-order chi connectivity index (χ0) is 9.84. The number of carbonyl (C=O) groups is 2. The van der Waals surface area contributed by atoms with Gasteiger partial charge in [-0.2, -0.15) is 0 Å². The first-order valence-corrected chi connectivity index (χ1v) is 4.95. The third-order valence-corrected chi connectivity index (χ3v) is 2.78. The summed E-state index contributed by atoms with van der Waals surface area (Å²) in [5.41, 5.74) is 0. The molecule has 1 fully saturated rings.